The minimum Gasteiger partial charge on any atom is -0.384 e. The molecule has 1 aromatic carbocycles. The zero-order valence-corrected chi connectivity index (χ0v) is 11.3. The van der Waals surface area contributed by atoms with Crippen LogP contribution in [0.3, 0.4) is 0 Å². The van der Waals surface area contributed by atoms with Gasteiger partial charge in [-0.2, -0.15) is 0 Å². The average Bonchev–Trinajstić information content (AvgIpc) is 2.41. The van der Waals surface area contributed by atoms with Crippen LogP contribution in [0.4, 0.5) is 4.39 Å². The van der Waals surface area contributed by atoms with Crippen molar-refractivity contribution in [3.05, 3.63) is 35.1 Å². The number of rotatable bonds is 6. The third-order valence-corrected chi connectivity index (χ3v) is 2.45. The standard InChI is InChI=1S/C15H19FO3/c1-3-18-10-12(2)19-11-14-6-7-15(16)9-13(14)5-4-8-17/h6-7,9,12,17H,3,8,10-11H2,1-2H3. The van der Waals surface area contributed by atoms with Gasteiger partial charge in [0.2, 0.25) is 0 Å². The molecule has 4 heteroatoms. The van der Waals surface area contributed by atoms with Gasteiger partial charge in [-0.05, 0) is 31.5 Å². The Bertz CT molecular complexity index is 448. The van der Waals surface area contributed by atoms with Crippen LogP contribution in [0, 0.1) is 17.7 Å². The van der Waals surface area contributed by atoms with Crippen LogP contribution in [0.1, 0.15) is 25.0 Å². The Balaban J connectivity index is 2.66. The maximum absolute atomic E-state index is 13.1. The summed E-state index contributed by atoms with van der Waals surface area (Å²) in [5.74, 6) is 4.88. The number of hydrogen-bond acceptors (Lipinski definition) is 3. The van der Waals surface area contributed by atoms with Gasteiger partial charge >= 0.3 is 0 Å². The lowest BCUT2D eigenvalue weighted by molar-refractivity contribution is -0.0117. The fourth-order valence-electron chi connectivity index (χ4n) is 1.49. The molecule has 3 nitrogen and oxygen atoms in total. The van der Waals surface area contributed by atoms with E-state index in [1.807, 2.05) is 13.8 Å². The molecule has 104 valence electrons. The Hall–Kier alpha value is -1.41. The maximum Gasteiger partial charge on any atom is 0.124 e. The van der Waals surface area contributed by atoms with Gasteiger partial charge in [-0.15, -0.1) is 0 Å². The van der Waals surface area contributed by atoms with Crippen LogP contribution in [0.15, 0.2) is 18.2 Å². The quantitative estimate of drug-likeness (QED) is 0.801. The van der Waals surface area contributed by atoms with E-state index in [0.717, 1.165) is 5.56 Å². The predicted octanol–water partition coefficient (Wildman–Crippen LogP) is 2.11. The van der Waals surface area contributed by atoms with E-state index in [2.05, 4.69) is 11.8 Å². The van der Waals surface area contributed by atoms with Crippen LogP contribution in [-0.4, -0.2) is 31.0 Å². The first-order chi connectivity index (χ1) is 9.17. The summed E-state index contributed by atoms with van der Waals surface area (Å²) in [5, 5.41) is 8.69. The molecule has 0 aromatic heterocycles. The Labute approximate surface area is 113 Å². The van der Waals surface area contributed by atoms with E-state index in [1.54, 1.807) is 6.07 Å². The van der Waals surface area contributed by atoms with Crippen LogP contribution in [0.5, 0.6) is 0 Å². The minimum absolute atomic E-state index is 0.0383. The van der Waals surface area contributed by atoms with E-state index >= 15 is 0 Å². The molecule has 1 aromatic rings. The Morgan fingerprint density at radius 2 is 2.21 bits per heavy atom. The zero-order valence-electron chi connectivity index (χ0n) is 11.3. The fraction of sp³-hybridized carbons (Fsp3) is 0.467. The van der Waals surface area contributed by atoms with Gasteiger partial charge in [0.15, 0.2) is 0 Å². The first-order valence-electron chi connectivity index (χ1n) is 6.24. The van der Waals surface area contributed by atoms with Crippen molar-refractivity contribution in [2.24, 2.45) is 0 Å². The summed E-state index contributed by atoms with van der Waals surface area (Å²) in [6.07, 6.45) is -0.0383. The van der Waals surface area contributed by atoms with Crippen molar-refractivity contribution in [3.63, 3.8) is 0 Å². The number of benzene rings is 1. The SMILES string of the molecule is CCOCC(C)OCc1ccc(F)cc1C#CCO. The highest BCUT2D eigenvalue weighted by atomic mass is 19.1. The third-order valence-electron chi connectivity index (χ3n) is 2.45. The van der Waals surface area contributed by atoms with Gasteiger partial charge in [-0.25, -0.2) is 4.39 Å². The second-order valence-electron chi connectivity index (χ2n) is 4.04. The van der Waals surface area contributed by atoms with Crippen molar-refractivity contribution in [1.82, 2.24) is 0 Å². The number of aliphatic hydroxyl groups excluding tert-OH is 1. The highest BCUT2D eigenvalue weighted by molar-refractivity contribution is 5.41. The van der Waals surface area contributed by atoms with E-state index in [0.29, 0.717) is 25.4 Å². The van der Waals surface area contributed by atoms with Crippen molar-refractivity contribution in [2.75, 3.05) is 19.8 Å². The number of halogens is 1. The zero-order chi connectivity index (χ0) is 14.1. The molecule has 0 aliphatic carbocycles. The van der Waals surface area contributed by atoms with E-state index in [9.17, 15) is 4.39 Å². The van der Waals surface area contributed by atoms with Crippen molar-refractivity contribution < 1.29 is 19.0 Å². The summed E-state index contributed by atoms with van der Waals surface area (Å²) in [7, 11) is 0. The Morgan fingerprint density at radius 1 is 1.42 bits per heavy atom. The lowest BCUT2D eigenvalue weighted by Gasteiger charge is -2.13. The first kappa shape index (κ1) is 15.6. The average molecular weight is 266 g/mol. The molecule has 1 unspecified atom stereocenters. The number of hydrogen-bond donors (Lipinski definition) is 1. The van der Waals surface area contributed by atoms with Gasteiger partial charge in [0, 0.05) is 12.2 Å². The van der Waals surface area contributed by atoms with Gasteiger partial charge in [-0.3, -0.25) is 0 Å². The monoisotopic (exact) mass is 266 g/mol. The van der Waals surface area contributed by atoms with Gasteiger partial charge < -0.3 is 14.6 Å². The predicted molar refractivity (Wildman–Crippen MR) is 71.1 cm³/mol. The third kappa shape index (κ3) is 5.84. The van der Waals surface area contributed by atoms with Gasteiger partial charge in [0.1, 0.15) is 12.4 Å². The highest BCUT2D eigenvalue weighted by Crippen LogP contribution is 2.12. The second kappa shape index (κ2) is 8.65. The molecule has 0 saturated heterocycles. The molecule has 0 radical (unpaired) electrons. The molecule has 0 bridgehead atoms. The first-order valence-corrected chi connectivity index (χ1v) is 6.24. The molecular formula is C15H19FO3. The molecule has 19 heavy (non-hydrogen) atoms. The molecule has 0 aliphatic rings. The topological polar surface area (TPSA) is 38.7 Å². The summed E-state index contributed by atoms with van der Waals surface area (Å²) in [5.41, 5.74) is 1.34. The van der Waals surface area contributed by atoms with E-state index in [4.69, 9.17) is 14.6 Å². The van der Waals surface area contributed by atoms with Gasteiger partial charge in [0.25, 0.3) is 0 Å². The van der Waals surface area contributed by atoms with E-state index in [1.165, 1.54) is 12.1 Å². The molecule has 1 N–H and O–H groups in total. The van der Waals surface area contributed by atoms with Gasteiger partial charge in [0.05, 0.1) is 19.3 Å². The van der Waals surface area contributed by atoms with Crippen LogP contribution in [0.25, 0.3) is 0 Å². The number of aliphatic hydroxyl groups is 1. The molecule has 1 atom stereocenters. The second-order valence-corrected chi connectivity index (χ2v) is 4.04. The Morgan fingerprint density at radius 3 is 2.89 bits per heavy atom. The molecular weight excluding hydrogens is 247 g/mol. The fourth-order valence-corrected chi connectivity index (χ4v) is 1.49. The molecule has 0 aliphatic heterocycles. The normalized spacial score (nSPS) is 11.8. The lowest BCUT2D eigenvalue weighted by Crippen LogP contribution is -2.16. The summed E-state index contributed by atoms with van der Waals surface area (Å²) in [6.45, 7) is 5.10. The van der Waals surface area contributed by atoms with Crippen LogP contribution < -0.4 is 0 Å². The largest absolute Gasteiger partial charge is 0.384 e. The van der Waals surface area contributed by atoms with E-state index < -0.39 is 0 Å². The summed E-state index contributed by atoms with van der Waals surface area (Å²) in [6, 6.07) is 4.36. The van der Waals surface area contributed by atoms with Crippen LogP contribution in [-0.2, 0) is 16.1 Å². The summed E-state index contributed by atoms with van der Waals surface area (Å²) < 4.78 is 24.0. The lowest BCUT2D eigenvalue weighted by atomic mass is 10.1. The summed E-state index contributed by atoms with van der Waals surface area (Å²) >= 11 is 0. The minimum atomic E-state index is -0.353. The smallest absolute Gasteiger partial charge is 0.124 e. The molecule has 0 heterocycles. The van der Waals surface area contributed by atoms with Gasteiger partial charge in [-0.1, -0.05) is 17.9 Å². The van der Waals surface area contributed by atoms with Crippen molar-refractivity contribution in [1.29, 1.82) is 0 Å². The Kier molecular flexibility index (Phi) is 7.12. The number of ether oxygens (including phenoxy) is 2. The summed E-state index contributed by atoms with van der Waals surface area (Å²) in [4.78, 5) is 0. The molecule has 1 rings (SSSR count). The molecule has 0 fully saturated rings. The van der Waals surface area contributed by atoms with Crippen LogP contribution >= 0.6 is 0 Å². The van der Waals surface area contributed by atoms with Crippen molar-refractivity contribution in [2.45, 2.75) is 26.6 Å². The molecule has 0 amide bonds. The van der Waals surface area contributed by atoms with Crippen LogP contribution in [0.2, 0.25) is 0 Å². The van der Waals surface area contributed by atoms with Crippen molar-refractivity contribution >= 4 is 0 Å². The molecule has 0 spiro atoms. The highest BCUT2D eigenvalue weighted by Gasteiger charge is 2.06. The maximum atomic E-state index is 13.1. The molecule has 0 saturated carbocycles. The van der Waals surface area contributed by atoms with Crippen molar-refractivity contribution in [3.8, 4) is 11.8 Å². The van der Waals surface area contributed by atoms with E-state index in [-0.39, 0.29) is 18.5 Å².